The van der Waals surface area contributed by atoms with Gasteiger partial charge in [0, 0.05) is 58.3 Å². The molecular weight excluding hydrogens is 320 g/mol. The fourth-order valence-corrected chi connectivity index (χ4v) is 3.15. The van der Waals surface area contributed by atoms with Crippen molar-refractivity contribution in [1.29, 1.82) is 0 Å². The van der Waals surface area contributed by atoms with Crippen LogP contribution >= 0.6 is 0 Å². The van der Waals surface area contributed by atoms with Crippen molar-refractivity contribution in [3.8, 4) is 0 Å². The van der Waals surface area contributed by atoms with Crippen molar-refractivity contribution < 1.29 is 14.3 Å². The van der Waals surface area contributed by atoms with E-state index >= 15 is 0 Å². The molecule has 136 valence electrons. The molecule has 0 saturated carbocycles. The minimum Gasteiger partial charge on any atom is -0.378 e. The van der Waals surface area contributed by atoms with Crippen molar-refractivity contribution in [2.45, 2.75) is 18.9 Å². The lowest BCUT2D eigenvalue weighted by atomic mass is 10.2. The van der Waals surface area contributed by atoms with Gasteiger partial charge in [0.15, 0.2) is 0 Å². The van der Waals surface area contributed by atoms with Crippen LogP contribution in [0.3, 0.4) is 0 Å². The van der Waals surface area contributed by atoms with E-state index in [2.05, 4.69) is 5.32 Å². The smallest absolute Gasteiger partial charge is 0.321 e. The molecule has 3 amide bonds. The molecule has 2 fully saturated rings. The lowest BCUT2D eigenvalue weighted by Crippen LogP contribution is -2.53. The molecule has 1 unspecified atom stereocenters. The molecule has 0 aromatic heterocycles. The first-order valence-electron chi connectivity index (χ1n) is 8.78. The number of benzene rings is 1. The highest BCUT2D eigenvalue weighted by Gasteiger charge is 2.31. The average molecular weight is 346 g/mol. The maximum atomic E-state index is 12.4. The zero-order valence-corrected chi connectivity index (χ0v) is 14.9. The SMILES string of the molecule is CN(C)c1ccc(NC(=O)N2CCN(C(=O)C3CCCO3)CC2)cc1. The summed E-state index contributed by atoms with van der Waals surface area (Å²) in [7, 11) is 3.95. The van der Waals surface area contributed by atoms with E-state index in [9.17, 15) is 9.59 Å². The first-order valence-corrected chi connectivity index (χ1v) is 8.78. The Morgan fingerprint density at radius 1 is 1.08 bits per heavy atom. The highest BCUT2D eigenvalue weighted by molar-refractivity contribution is 5.90. The van der Waals surface area contributed by atoms with Gasteiger partial charge in [-0.2, -0.15) is 0 Å². The van der Waals surface area contributed by atoms with E-state index in [-0.39, 0.29) is 18.0 Å². The Balaban J connectivity index is 1.48. The Hall–Kier alpha value is -2.28. The molecule has 2 aliphatic rings. The highest BCUT2D eigenvalue weighted by atomic mass is 16.5. The molecule has 0 bridgehead atoms. The third kappa shape index (κ3) is 4.22. The number of hydrogen-bond donors (Lipinski definition) is 1. The highest BCUT2D eigenvalue weighted by Crippen LogP contribution is 2.18. The van der Waals surface area contributed by atoms with E-state index in [1.165, 1.54) is 0 Å². The molecule has 25 heavy (non-hydrogen) atoms. The molecule has 1 N–H and O–H groups in total. The number of carbonyl (C=O) groups is 2. The van der Waals surface area contributed by atoms with Gasteiger partial charge >= 0.3 is 6.03 Å². The standard InChI is InChI=1S/C18H26N4O3/c1-20(2)15-7-5-14(6-8-15)19-18(24)22-11-9-21(10-12-22)17(23)16-4-3-13-25-16/h5-8,16H,3-4,9-13H2,1-2H3,(H,19,24). The van der Waals surface area contributed by atoms with Crippen LogP contribution in [0.15, 0.2) is 24.3 Å². The number of hydrogen-bond acceptors (Lipinski definition) is 4. The number of amides is 3. The van der Waals surface area contributed by atoms with Crippen LogP contribution in [0.1, 0.15) is 12.8 Å². The molecule has 7 nitrogen and oxygen atoms in total. The minimum absolute atomic E-state index is 0.0665. The summed E-state index contributed by atoms with van der Waals surface area (Å²) in [4.78, 5) is 30.3. The number of ether oxygens (including phenoxy) is 1. The zero-order valence-electron chi connectivity index (χ0n) is 14.9. The summed E-state index contributed by atoms with van der Waals surface area (Å²) < 4.78 is 5.46. The van der Waals surface area contributed by atoms with Crippen LogP contribution in [-0.2, 0) is 9.53 Å². The van der Waals surface area contributed by atoms with Gasteiger partial charge in [0.1, 0.15) is 6.10 Å². The van der Waals surface area contributed by atoms with E-state index in [0.29, 0.717) is 32.8 Å². The van der Waals surface area contributed by atoms with Crippen LogP contribution in [0.4, 0.5) is 16.2 Å². The Morgan fingerprint density at radius 3 is 2.28 bits per heavy atom. The predicted molar refractivity (Wildman–Crippen MR) is 96.9 cm³/mol. The number of rotatable bonds is 3. The lowest BCUT2D eigenvalue weighted by Gasteiger charge is -2.35. The summed E-state index contributed by atoms with van der Waals surface area (Å²) in [5.41, 5.74) is 1.85. The second-order valence-corrected chi connectivity index (χ2v) is 6.69. The van der Waals surface area contributed by atoms with E-state index in [1.54, 1.807) is 4.90 Å². The Morgan fingerprint density at radius 2 is 1.72 bits per heavy atom. The molecule has 7 heteroatoms. The number of nitrogens with one attached hydrogen (secondary N) is 1. The van der Waals surface area contributed by atoms with E-state index in [4.69, 9.17) is 4.74 Å². The Kier molecular flexibility index (Phi) is 5.43. The van der Waals surface area contributed by atoms with Crippen molar-refractivity contribution in [2.75, 3.05) is 57.1 Å². The number of piperazine rings is 1. The molecule has 2 saturated heterocycles. The van der Waals surface area contributed by atoms with Crippen molar-refractivity contribution in [3.05, 3.63) is 24.3 Å². The quantitative estimate of drug-likeness (QED) is 0.903. The average Bonchev–Trinajstić information content (AvgIpc) is 3.16. The van der Waals surface area contributed by atoms with Gasteiger partial charge < -0.3 is 24.8 Å². The summed E-state index contributed by atoms with van der Waals surface area (Å²) in [6, 6.07) is 7.60. The summed E-state index contributed by atoms with van der Waals surface area (Å²) in [5.74, 6) is 0.0665. The Labute approximate surface area is 148 Å². The zero-order chi connectivity index (χ0) is 17.8. The molecule has 1 atom stereocenters. The topological polar surface area (TPSA) is 65.1 Å². The van der Waals surface area contributed by atoms with Crippen LogP contribution < -0.4 is 10.2 Å². The van der Waals surface area contributed by atoms with Gasteiger partial charge in [-0.25, -0.2) is 4.79 Å². The maximum Gasteiger partial charge on any atom is 0.321 e. The van der Waals surface area contributed by atoms with E-state index < -0.39 is 0 Å². The van der Waals surface area contributed by atoms with Crippen LogP contribution in [0.2, 0.25) is 0 Å². The number of nitrogens with zero attached hydrogens (tertiary/aromatic N) is 3. The van der Waals surface area contributed by atoms with Crippen molar-refractivity contribution in [1.82, 2.24) is 9.80 Å². The molecule has 0 spiro atoms. The summed E-state index contributed by atoms with van der Waals surface area (Å²) in [5, 5.41) is 2.92. The second-order valence-electron chi connectivity index (χ2n) is 6.69. The third-order valence-electron chi connectivity index (χ3n) is 4.72. The third-order valence-corrected chi connectivity index (χ3v) is 4.72. The number of urea groups is 1. The van der Waals surface area contributed by atoms with Gasteiger partial charge in [0.05, 0.1) is 0 Å². The van der Waals surface area contributed by atoms with E-state index in [1.807, 2.05) is 48.2 Å². The fourth-order valence-electron chi connectivity index (χ4n) is 3.15. The molecule has 0 radical (unpaired) electrons. The maximum absolute atomic E-state index is 12.4. The van der Waals surface area contributed by atoms with Crippen LogP contribution in [0.25, 0.3) is 0 Å². The van der Waals surface area contributed by atoms with Crippen molar-refractivity contribution >= 4 is 23.3 Å². The van der Waals surface area contributed by atoms with Gasteiger partial charge in [0.25, 0.3) is 5.91 Å². The summed E-state index contributed by atoms with van der Waals surface area (Å²) in [6.45, 7) is 2.88. The molecule has 2 aliphatic heterocycles. The van der Waals surface area contributed by atoms with Crippen molar-refractivity contribution in [3.63, 3.8) is 0 Å². The summed E-state index contributed by atoms with van der Waals surface area (Å²) >= 11 is 0. The normalized spacial score (nSPS) is 20.5. The predicted octanol–water partition coefficient (Wildman–Crippen LogP) is 1.61. The second kappa shape index (κ2) is 7.74. The van der Waals surface area contributed by atoms with Crippen molar-refractivity contribution in [2.24, 2.45) is 0 Å². The molecule has 3 rings (SSSR count). The molecular formula is C18H26N4O3. The Bertz CT molecular complexity index is 603. The molecule has 1 aromatic carbocycles. The number of anilines is 2. The van der Waals surface area contributed by atoms with Crippen LogP contribution in [0, 0.1) is 0 Å². The molecule has 2 heterocycles. The molecule has 0 aliphatic carbocycles. The largest absolute Gasteiger partial charge is 0.378 e. The molecule has 1 aromatic rings. The van der Waals surface area contributed by atoms with Gasteiger partial charge in [-0.15, -0.1) is 0 Å². The van der Waals surface area contributed by atoms with Gasteiger partial charge in [-0.1, -0.05) is 0 Å². The van der Waals surface area contributed by atoms with Crippen LogP contribution in [-0.4, -0.2) is 74.7 Å². The van der Waals surface area contributed by atoms with Gasteiger partial charge in [0.2, 0.25) is 0 Å². The lowest BCUT2D eigenvalue weighted by molar-refractivity contribution is -0.142. The first-order chi connectivity index (χ1) is 12.0. The monoisotopic (exact) mass is 346 g/mol. The minimum atomic E-state index is -0.282. The first kappa shape index (κ1) is 17.5. The van der Waals surface area contributed by atoms with Crippen LogP contribution in [0.5, 0.6) is 0 Å². The number of carbonyl (C=O) groups excluding carboxylic acids is 2. The fraction of sp³-hybridized carbons (Fsp3) is 0.556. The summed E-state index contributed by atoms with van der Waals surface area (Å²) in [6.07, 6.45) is 1.48. The van der Waals surface area contributed by atoms with Gasteiger partial charge in [-0.05, 0) is 37.1 Å². The van der Waals surface area contributed by atoms with Gasteiger partial charge in [-0.3, -0.25) is 4.79 Å². The van der Waals surface area contributed by atoms with E-state index in [0.717, 1.165) is 24.2 Å².